The van der Waals surface area contributed by atoms with Gasteiger partial charge in [-0.3, -0.25) is 4.79 Å². The minimum Gasteiger partial charge on any atom is -0.273 e. The fraction of sp³-hybridized carbons (Fsp3) is 0.111. The first-order chi connectivity index (χ1) is 6.66. The molecule has 1 aliphatic heterocycles. The lowest BCUT2D eigenvalue weighted by Gasteiger charge is -2.01. The van der Waals surface area contributed by atoms with Gasteiger partial charge in [-0.2, -0.15) is 5.10 Å². The summed E-state index contributed by atoms with van der Waals surface area (Å²) in [7, 11) is 0. The number of carbonyl (C=O) groups is 1. The van der Waals surface area contributed by atoms with Crippen LogP contribution in [0.4, 0.5) is 4.39 Å². The highest BCUT2D eigenvalue weighted by atomic mass is 35.5. The van der Waals surface area contributed by atoms with Crippen molar-refractivity contribution in [2.45, 2.75) is 6.42 Å². The average molecular weight is 213 g/mol. The molecule has 3 nitrogen and oxygen atoms in total. The lowest BCUT2D eigenvalue weighted by atomic mass is 10.1. The number of nitrogens with one attached hydrogen (secondary N) is 1. The number of benzene rings is 1. The van der Waals surface area contributed by atoms with Gasteiger partial charge in [0.15, 0.2) is 0 Å². The summed E-state index contributed by atoms with van der Waals surface area (Å²) >= 11 is 5.80. The predicted octanol–water partition coefficient (Wildman–Crippen LogP) is 1.70. The van der Waals surface area contributed by atoms with Crippen LogP contribution in [0.3, 0.4) is 0 Å². The summed E-state index contributed by atoms with van der Waals surface area (Å²) in [4.78, 5) is 10.9. The Bertz CT molecular complexity index is 431. The molecule has 1 amide bonds. The molecule has 0 spiro atoms. The third kappa shape index (κ3) is 1.61. The number of hydrazone groups is 1. The van der Waals surface area contributed by atoms with Crippen LogP contribution in [0.5, 0.6) is 0 Å². The van der Waals surface area contributed by atoms with Crippen LogP contribution in [0.2, 0.25) is 5.02 Å². The first kappa shape index (κ1) is 9.15. The molecule has 1 aromatic rings. The molecule has 14 heavy (non-hydrogen) atoms. The van der Waals surface area contributed by atoms with Gasteiger partial charge in [-0.1, -0.05) is 11.6 Å². The molecule has 0 fully saturated rings. The Morgan fingerprint density at radius 3 is 2.86 bits per heavy atom. The number of amides is 1. The van der Waals surface area contributed by atoms with Gasteiger partial charge in [-0.05, 0) is 18.2 Å². The van der Waals surface area contributed by atoms with E-state index < -0.39 is 5.82 Å². The fourth-order valence-corrected chi connectivity index (χ4v) is 1.52. The van der Waals surface area contributed by atoms with E-state index in [1.807, 2.05) is 0 Å². The van der Waals surface area contributed by atoms with E-state index in [0.717, 1.165) is 0 Å². The topological polar surface area (TPSA) is 41.5 Å². The van der Waals surface area contributed by atoms with Crippen molar-refractivity contribution in [3.05, 3.63) is 34.6 Å². The molecule has 0 aromatic heterocycles. The summed E-state index contributed by atoms with van der Waals surface area (Å²) in [5.74, 6) is -0.586. The quantitative estimate of drug-likeness (QED) is 0.757. The van der Waals surface area contributed by atoms with E-state index in [2.05, 4.69) is 10.5 Å². The predicted molar refractivity (Wildman–Crippen MR) is 50.7 cm³/mol. The normalized spacial score (nSPS) is 15.3. The molecule has 0 aliphatic carbocycles. The summed E-state index contributed by atoms with van der Waals surface area (Å²) in [5.41, 5.74) is 3.44. The Labute approximate surface area is 84.6 Å². The van der Waals surface area contributed by atoms with Crippen molar-refractivity contribution >= 4 is 23.2 Å². The third-order valence-electron chi connectivity index (χ3n) is 1.89. The van der Waals surface area contributed by atoms with Crippen LogP contribution < -0.4 is 5.43 Å². The van der Waals surface area contributed by atoms with E-state index in [-0.39, 0.29) is 17.4 Å². The largest absolute Gasteiger partial charge is 0.273 e. The lowest BCUT2D eigenvalue weighted by molar-refractivity contribution is -0.119. The van der Waals surface area contributed by atoms with E-state index in [9.17, 15) is 9.18 Å². The van der Waals surface area contributed by atoms with Gasteiger partial charge in [0.25, 0.3) is 0 Å². The second-order valence-electron chi connectivity index (χ2n) is 2.89. The lowest BCUT2D eigenvalue weighted by Crippen LogP contribution is -2.09. The highest BCUT2D eigenvalue weighted by Crippen LogP contribution is 2.20. The maximum atomic E-state index is 12.7. The minimum absolute atomic E-state index is 0.180. The van der Waals surface area contributed by atoms with Crippen molar-refractivity contribution in [2.75, 3.05) is 0 Å². The van der Waals surface area contributed by atoms with Gasteiger partial charge in [0, 0.05) is 5.56 Å². The van der Waals surface area contributed by atoms with Crippen molar-refractivity contribution in [1.29, 1.82) is 0 Å². The van der Waals surface area contributed by atoms with Crippen molar-refractivity contribution in [2.24, 2.45) is 5.10 Å². The Hall–Kier alpha value is -1.42. The van der Waals surface area contributed by atoms with E-state index in [1.54, 1.807) is 0 Å². The monoisotopic (exact) mass is 212 g/mol. The first-order valence-electron chi connectivity index (χ1n) is 3.97. The second-order valence-corrected chi connectivity index (χ2v) is 3.30. The van der Waals surface area contributed by atoms with Gasteiger partial charge in [0.1, 0.15) is 5.82 Å². The van der Waals surface area contributed by atoms with Gasteiger partial charge >= 0.3 is 0 Å². The molecule has 1 heterocycles. The second kappa shape index (κ2) is 3.38. The average Bonchev–Trinajstić information content (AvgIpc) is 2.51. The van der Waals surface area contributed by atoms with Gasteiger partial charge in [-0.25, -0.2) is 9.82 Å². The molecule has 72 valence electrons. The molecular formula is C9H6ClFN2O. The van der Waals surface area contributed by atoms with E-state index in [0.29, 0.717) is 11.3 Å². The maximum Gasteiger partial charge on any atom is 0.246 e. The maximum absolute atomic E-state index is 12.7. The van der Waals surface area contributed by atoms with Crippen molar-refractivity contribution in [3.63, 3.8) is 0 Å². The number of carbonyl (C=O) groups excluding carboxylic acids is 1. The van der Waals surface area contributed by atoms with Gasteiger partial charge in [0.05, 0.1) is 17.2 Å². The van der Waals surface area contributed by atoms with Crippen molar-refractivity contribution < 1.29 is 9.18 Å². The number of hydrogen-bond donors (Lipinski definition) is 1. The number of halogens is 2. The highest BCUT2D eigenvalue weighted by Gasteiger charge is 2.18. The van der Waals surface area contributed by atoms with Crippen LogP contribution >= 0.6 is 11.6 Å². The van der Waals surface area contributed by atoms with Gasteiger partial charge in [-0.15, -0.1) is 0 Å². The molecule has 0 unspecified atom stereocenters. The number of nitrogens with zero attached hydrogens (tertiary/aromatic N) is 1. The molecule has 1 aliphatic rings. The van der Waals surface area contributed by atoms with Crippen LogP contribution in [0.25, 0.3) is 0 Å². The standard InChI is InChI=1S/C9H6ClFN2O/c10-7-3-5(11)1-2-6(7)8-4-9(14)13-12-8/h1-3H,4H2,(H,13,14). The minimum atomic E-state index is -0.406. The zero-order valence-corrected chi connectivity index (χ0v) is 7.81. The molecule has 1 aromatic carbocycles. The molecule has 2 rings (SSSR count). The SMILES string of the molecule is O=C1CC(c2ccc(F)cc2Cl)=NN1. The summed E-state index contributed by atoms with van der Waals surface area (Å²) < 4.78 is 12.7. The molecule has 0 saturated heterocycles. The highest BCUT2D eigenvalue weighted by molar-refractivity contribution is 6.35. The van der Waals surface area contributed by atoms with Crippen LogP contribution in [-0.2, 0) is 4.79 Å². The molecule has 0 atom stereocenters. The molecular weight excluding hydrogens is 207 g/mol. The van der Waals surface area contributed by atoms with Crippen LogP contribution in [0.1, 0.15) is 12.0 Å². The van der Waals surface area contributed by atoms with Gasteiger partial charge < -0.3 is 0 Å². The first-order valence-corrected chi connectivity index (χ1v) is 4.35. The number of rotatable bonds is 1. The third-order valence-corrected chi connectivity index (χ3v) is 2.20. The van der Waals surface area contributed by atoms with Crippen molar-refractivity contribution in [1.82, 2.24) is 5.43 Å². The van der Waals surface area contributed by atoms with Crippen molar-refractivity contribution in [3.8, 4) is 0 Å². The molecule has 0 saturated carbocycles. The van der Waals surface area contributed by atoms with Crippen LogP contribution in [-0.4, -0.2) is 11.6 Å². The Morgan fingerprint density at radius 2 is 2.29 bits per heavy atom. The fourth-order valence-electron chi connectivity index (χ4n) is 1.24. The summed E-state index contributed by atoms with van der Waals surface area (Å²) in [6.07, 6.45) is 0.186. The molecule has 0 bridgehead atoms. The summed E-state index contributed by atoms with van der Waals surface area (Å²) in [5, 5.41) is 4.05. The molecule has 5 heteroatoms. The van der Waals surface area contributed by atoms with Crippen LogP contribution in [0.15, 0.2) is 23.3 Å². The molecule has 0 radical (unpaired) electrons. The van der Waals surface area contributed by atoms with E-state index in [4.69, 9.17) is 11.6 Å². The summed E-state index contributed by atoms with van der Waals surface area (Å²) in [6, 6.07) is 3.99. The zero-order valence-electron chi connectivity index (χ0n) is 7.05. The Kier molecular flexibility index (Phi) is 2.21. The van der Waals surface area contributed by atoms with E-state index >= 15 is 0 Å². The number of hydrogen-bond acceptors (Lipinski definition) is 2. The van der Waals surface area contributed by atoms with Crippen LogP contribution in [0, 0.1) is 5.82 Å². The molecule has 1 N–H and O–H groups in total. The summed E-state index contributed by atoms with van der Waals surface area (Å²) in [6.45, 7) is 0. The van der Waals surface area contributed by atoms with Gasteiger partial charge in [0.2, 0.25) is 5.91 Å². The zero-order chi connectivity index (χ0) is 10.1. The smallest absolute Gasteiger partial charge is 0.246 e. The Balaban J connectivity index is 2.38. The van der Waals surface area contributed by atoms with E-state index in [1.165, 1.54) is 18.2 Å². The Morgan fingerprint density at radius 1 is 1.50 bits per heavy atom.